The van der Waals surface area contributed by atoms with Gasteiger partial charge >= 0.3 is 7.82 Å². The molecular weight excluding hydrogens is 587 g/mol. The van der Waals surface area contributed by atoms with Crippen LogP contribution in [0.1, 0.15) is 136 Å². The fourth-order valence-corrected chi connectivity index (χ4v) is 5.39. The number of carbonyl (C=O) groups excluding carboxylic acids is 1. The van der Waals surface area contributed by atoms with Crippen LogP contribution in [0.2, 0.25) is 0 Å². The molecule has 3 unspecified atom stereocenters. The number of amides is 1. The minimum Gasteiger partial charge on any atom is -0.387 e. The first-order chi connectivity index (χ1) is 21.5. The van der Waals surface area contributed by atoms with E-state index in [0.717, 1.165) is 57.8 Å². The number of nitrogens with one attached hydrogen (secondary N) is 1. The number of unbranched alkanes of at least 4 members (excludes halogenated alkanes) is 14. The van der Waals surface area contributed by atoms with E-state index in [4.69, 9.17) is 9.05 Å². The molecule has 45 heavy (non-hydrogen) atoms. The third-order valence-electron chi connectivity index (χ3n) is 7.60. The molecule has 0 bridgehead atoms. The van der Waals surface area contributed by atoms with E-state index in [1.165, 1.54) is 57.8 Å². The van der Waals surface area contributed by atoms with Crippen LogP contribution < -0.4 is 5.32 Å². The summed E-state index contributed by atoms with van der Waals surface area (Å²) in [6.45, 7) is 4.65. The van der Waals surface area contributed by atoms with Crippen molar-refractivity contribution >= 4 is 13.7 Å². The van der Waals surface area contributed by atoms with Crippen molar-refractivity contribution in [1.29, 1.82) is 0 Å². The lowest BCUT2D eigenvalue weighted by atomic mass is 10.1. The minimum absolute atomic E-state index is 0.0579. The number of phosphoric acid groups is 1. The van der Waals surface area contributed by atoms with Crippen molar-refractivity contribution in [3.05, 3.63) is 36.5 Å². The van der Waals surface area contributed by atoms with Crippen LogP contribution in [-0.4, -0.2) is 73.4 Å². The molecule has 1 amide bonds. The highest BCUT2D eigenvalue weighted by molar-refractivity contribution is 7.47. The van der Waals surface area contributed by atoms with Crippen LogP contribution in [0.25, 0.3) is 0 Å². The normalized spacial score (nSPS) is 15.3. The summed E-state index contributed by atoms with van der Waals surface area (Å²) < 4.78 is 23.2. The van der Waals surface area contributed by atoms with Crippen molar-refractivity contribution in [2.24, 2.45) is 0 Å². The van der Waals surface area contributed by atoms with Gasteiger partial charge in [-0.15, -0.1) is 0 Å². The van der Waals surface area contributed by atoms with Crippen molar-refractivity contribution in [2.75, 3.05) is 40.9 Å². The fourth-order valence-electron chi connectivity index (χ4n) is 4.66. The zero-order chi connectivity index (χ0) is 33.7. The summed E-state index contributed by atoms with van der Waals surface area (Å²) in [6.07, 6.45) is 32.4. The Morgan fingerprint density at radius 1 is 0.756 bits per heavy atom. The molecule has 0 aliphatic rings. The molecule has 0 fully saturated rings. The summed E-state index contributed by atoms with van der Waals surface area (Å²) in [6, 6.07) is -0.844. The number of carbonyl (C=O) groups is 1. The summed E-state index contributed by atoms with van der Waals surface area (Å²) in [5.41, 5.74) is 0. The number of aliphatic hydroxyl groups is 1. The highest BCUT2D eigenvalue weighted by Gasteiger charge is 2.27. The van der Waals surface area contributed by atoms with E-state index in [9.17, 15) is 19.4 Å². The van der Waals surface area contributed by atoms with Gasteiger partial charge in [0.15, 0.2) is 0 Å². The fraction of sp³-hybridized carbons (Fsp3) is 0.806. The molecule has 0 spiro atoms. The van der Waals surface area contributed by atoms with E-state index < -0.39 is 20.0 Å². The first-order valence-corrected chi connectivity index (χ1v) is 19.4. The van der Waals surface area contributed by atoms with E-state index in [1.54, 1.807) is 6.08 Å². The molecule has 0 rings (SSSR count). The number of hydrogen-bond donors (Lipinski definition) is 3. The molecule has 0 radical (unpaired) electrons. The van der Waals surface area contributed by atoms with Crippen LogP contribution >= 0.6 is 7.82 Å². The van der Waals surface area contributed by atoms with Gasteiger partial charge in [-0.2, -0.15) is 0 Å². The monoisotopic (exact) mass is 657 g/mol. The molecule has 9 heteroatoms. The smallest absolute Gasteiger partial charge is 0.387 e. The van der Waals surface area contributed by atoms with Gasteiger partial charge in [0, 0.05) is 6.42 Å². The predicted molar refractivity (Wildman–Crippen MR) is 189 cm³/mol. The summed E-state index contributed by atoms with van der Waals surface area (Å²) in [5, 5.41) is 13.5. The Balaban J connectivity index is 4.30. The van der Waals surface area contributed by atoms with Crippen molar-refractivity contribution in [3.63, 3.8) is 0 Å². The second kappa shape index (κ2) is 28.9. The zero-order valence-electron chi connectivity index (χ0n) is 29.6. The van der Waals surface area contributed by atoms with Gasteiger partial charge in [0.2, 0.25) is 5.91 Å². The number of phosphoric ester groups is 1. The molecule has 3 atom stereocenters. The minimum atomic E-state index is -4.32. The second-order valence-corrected chi connectivity index (χ2v) is 14.7. The summed E-state index contributed by atoms with van der Waals surface area (Å²) >= 11 is 0. The number of hydrogen-bond acceptors (Lipinski definition) is 5. The SMILES string of the molecule is CCCCC/C=C/C(O)C(COP(=O)(O)OCC[N+](C)(C)C)NC(=O)CCCCCCCCC/C=C\C/C=C\CCCCCC. The van der Waals surface area contributed by atoms with Crippen molar-refractivity contribution in [3.8, 4) is 0 Å². The third kappa shape index (κ3) is 31.1. The van der Waals surface area contributed by atoms with Gasteiger partial charge in [0.25, 0.3) is 0 Å². The van der Waals surface area contributed by atoms with E-state index >= 15 is 0 Å². The molecule has 0 aromatic rings. The molecule has 0 heterocycles. The number of aliphatic hydroxyl groups excluding tert-OH is 1. The van der Waals surface area contributed by atoms with Crippen molar-refractivity contribution in [2.45, 2.75) is 148 Å². The number of likely N-dealkylation sites (N-methyl/N-ethyl adjacent to an activating group) is 1. The molecule has 264 valence electrons. The molecule has 0 aliphatic carbocycles. The van der Waals surface area contributed by atoms with Crippen LogP contribution in [0.4, 0.5) is 0 Å². The van der Waals surface area contributed by atoms with Crippen LogP contribution in [-0.2, 0) is 18.4 Å². The molecular formula is C36H70N2O6P+. The largest absolute Gasteiger partial charge is 0.472 e. The van der Waals surface area contributed by atoms with E-state index in [1.807, 2.05) is 27.2 Å². The van der Waals surface area contributed by atoms with Crippen LogP contribution in [0.15, 0.2) is 36.5 Å². The Morgan fingerprint density at radius 2 is 1.27 bits per heavy atom. The average molecular weight is 658 g/mol. The van der Waals surface area contributed by atoms with Gasteiger partial charge in [-0.1, -0.05) is 115 Å². The summed E-state index contributed by atoms with van der Waals surface area (Å²) in [4.78, 5) is 22.8. The first kappa shape index (κ1) is 43.7. The summed E-state index contributed by atoms with van der Waals surface area (Å²) in [7, 11) is 1.55. The second-order valence-electron chi connectivity index (χ2n) is 13.2. The van der Waals surface area contributed by atoms with E-state index in [-0.39, 0.29) is 19.1 Å². The highest BCUT2D eigenvalue weighted by atomic mass is 31.2. The van der Waals surface area contributed by atoms with Crippen LogP contribution in [0.3, 0.4) is 0 Å². The maximum absolute atomic E-state index is 12.7. The molecule has 0 aliphatic heterocycles. The number of rotatable bonds is 31. The van der Waals surface area contributed by atoms with Crippen molar-refractivity contribution in [1.82, 2.24) is 5.32 Å². The van der Waals surface area contributed by atoms with Crippen molar-refractivity contribution < 1.29 is 32.9 Å². The number of nitrogens with zero attached hydrogens (tertiary/aromatic N) is 1. The highest BCUT2D eigenvalue weighted by Crippen LogP contribution is 2.43. The standard InChI is InChI=1S/C36H69N2O6P/c1-6-8-10-12-13-14-15-16-17-18-19-20-21-22-23-24-26-28-30-36(40)37-34(35(39)29-27-25-11-9-7-2)33-44-45(41,42)43-32-31-38(3,4)5/h14-15,17-18,27,29,34-35,39H,6-13,16,19-26,28,30-33H2,1-5H3,(H-,37,40,41,42)/p+1/b15-14-,18-17-,29-27+. The number of quaternary nitrogens is 1. The Hall–Kier alpha value is -1.28. The van der Waals surface area contributed by atoms with Gasteiger partial charge in [0.05, 0.1) is 39.9 Å². The van der Waals surface area contributed by atoms with Gasteiger partial charge in [-0.25, -0.2) is 4.57 Å². The van der Waals surface area contributed by atoms with Gasteiger partial charge in [0.1, 0.15) is 13.2 Å². The molecule has 0 aromatic heterocycles. The third-order valence-corrected chi connectivity index (χ3v) is 8.59. The van der Waals surface area contributed by atoms with Gasteiger partial charge in [-0.3, -0.25) is 13.8 Å². The van der Waals surface area contributed by atoms with Crippen LogP contribution in [0, 0.1) is 0 Å². The van der Waals surface area contributed by atoms with Gasteiger partial charge < -0.3 is 19.8 Å². The lowest BCUT2D eigenvalue weighted by molar-refractivity contribution is -0.870. The van der Waals surface area contributed by atoms with E-state index in [2.05, 4.69) is 43.5 Å². The lowest BCUT2D eigenvalue weighted by Crippen LogP contribution is -2.45. The molecule has 3 N–H and O–H groups in total. The lowest BCUT2D eigenvalue weighted by Gasteiger charge is -2.25. The average Bonchev–Trinajstić information content (AvgIpc) is 2.97. The molecule has 0 saturated carbocycles. The maximum Gasteiger partial charge on any atom is 0.472 e. The Morgan fingerprint density at radius 3 is 1.87 bits per heavy atom. The Bertz CT molecular complexity index is 840. The molecule has 8 nitrogen and oxygen atoms in total. The molecule has 0 aromatic carbocycles. The zero-order valence-corrected chi connectivity index (χ0v) is 30.5. The number of allylic oxidation sites excluding steroid dienone is 5. The quantitative estimate of drug-likeness (QED) is 0.0298. The van der Waals surface area contributed by atoms with Crippen LogP contribution in [0.5, 0.6) is 0 Å². The Labute approximate surface area is 276 Å². The topological polar surface area (TPSA) is 105 Å². The van der Waals surface area contributed by atoms with Gasteiger partial charge in [-0.05, 0) is 51.4 Å². The maximum atomic E-state index is 12.7. The first-order valence-electron chi connectivity index (χ1n) is 17.9. The Kier molecular flexibility index (Phi) is 28.1. The van der Waals surface area contributed by atoms with E-state index in [0.29, 0.717) is 17.4 Å². The molecule has 0 saturated heterocycles. The summed E-state index contributed by atoms with van der Waals surface area (Å²) in [5.74, 6) is -0.195. The predicted octanol–water partition coefficient (Wildman–Crippen LogP) is 8.79.